The molecule has 0 atom stereocenters. The Labute approximate surface area is 171 Å². The summed E-state index contributed by atoms with van der Waals surface area (Å²) in [5.41, 5.74) is -5.97. The predicted octanol–water partition coefficient (Wildman–Crippen LogP) is 3.04. The third-order valence-electron chi connectivity index (χ3n) is 4.98. The molecule has 1 aliphatic rings. The number of nitrogens with one attached hydrogen (secondary N) is 2. The molecule has 0 aliphatic heterocycles. The second-order valence-electron chi connectivity index (χ2n) is 6.88. The molecule has 170 valence electrons. The highest BCUT2D eigenvalue weighted by atomic mass is 32.2. The molecular formula is C17H21F5N2O4S2. The van der Waals surface area contributed by atoms with E-state index < -0.39 is 66.4 Å². The van der Waals surface area contributed by atoms with Crippen molar-refractivity contribution >= 4 is 20.0 Å². The zero-order chi connectivity index (χ0) is 22.8. The summed E-state index contributed by atoms with van der Waals surface area (Å²) in [7, 11) is -9.94. The SMILES string of the molecule is CC=CCNS(=O)(=O)C1(c2cc(F)ccc2F)CCC(NS(=O)(=O)C(F)(F)F)CC1. The van der Waals surface area contributed by atoms with Crippen LogP contribution in [0.25, 0.3) is 0 Å². The van der Waals surface area contributed by atoms with Crippen molar-refractivity contribution in [2.24, 2.45) is 0 Å². The van der Waals surface area contributed by atoms with Crippen molar-refractivity contribution in [1.29, 1.82) is 0 Å². The van der Waals surface area contributed by atoms with E-state index in [0.717, 1.165) is 18.2 Å². The van der Waals surface area contributed by atoms with Gasteiger partial charge in [0, 0.05) is 18.2 Å². The topological polar surface area (TPSA) is 92.3 Å². The molecule has 1 aromatic rings. The molecule has 0 saturated heterocycles. The van der Waals surface area contributed by atoms with Gasteiger partial charge in [-0.1, -0.05) is 12.2 Å². The van der Waals surface area contributed by atoms with Crippen LogP contribution in [0.15, 0.2) is 30.4 Å². The Morgan fingerprint density at radius 1 is 1.13 bits per heavy atom. The minimum atomic E-state index is -5.63. The lowest BCUT2D eigenvalue weighted by Gasteiger charge is -2.40. The van der Waals surface area contributed by atoms with Crippen LogP contribution in [-0.2, 0) is 24.8 Å². The van der Waals surface area contributed by atoms with Crippen molar-refractivity contribution in [2.75, 3.05) is 6.54 Å². The van der Waals surface area contributed by atoms with E-state index in [-0.39, 0.29) is 19.4 Å². The molecule has 2 N–H and O–H groups in total. The highest BCUT2D eigenvalue weighted by Gasteiger charge is 2.52. The average Bonchev–Trinajstić information content (AvgIpc) is 2.63. The zero-order valence-corrected chi connectivity index (χ0v) is 17.5. The van der Waals surface area contributed by atoms with Gasteiger partial charge in [-0.25, -0.2) is 35.1 Å². The second-order valence-corrected chi connectivity index (χ2v) is 10.7. The van der Waals surface area contributed by atoms with Gasteiger partial charge in [0.05, 0.1) is 0 Å². The molecule has 0 amide bonds. The van der Waals surface area contributed by atoms with Gasteiger partial charge >= 0.3 is 15.5 Å². The van der Waals surface area contributed by atoms with E-state index in [9.17, 15) is 38.8 Å². The predicted molar refractivity (Wildman–Crippen MR) is 100 cm³/mol. The van der Waals surface area contributed by atoms with Gasteiger partial charge in [0.2, 0.25) is 10.0 Å². The summed E-state index contributed by atoms with van der Waals surface area (Å²) < 4.78 is 117. The number of benzene rings is 1. The summed E-state index contributed by atoms with van der Waals surface area (Å²) >= 11 is 0. The first kappa shape index (κ1) is 24.7. The van der Waals surface area contributed by atoms with Crippen LogP contribution < -0.4 is 9.44 Å². The number of sulfonamides is 2. The van der Waals surface area contributed by atoms with Crippen molar-refractivity contribution in [3.63, 3.8) is 0 Å². The fraction of sp³-hybridized carbons (Fsp3) is 0.529. The fourth-order valence-electron chi connectivity index (χ4n) is 3.43. The molecule has 13 heteroatoms. The van der Waals surface area contributed by atoms with Gasteiger partial charge in [0.15, 0.2) is 0 Å². The summed E-state index contributed by atoms with van der Waals surface area (Å²) in [6, 6.07) is 1.12. The Bertz CT molecular complexity index is 999. The average molecular weight is 476 g/mol. The summed E-state index contributed by atoms with van der Waals surface area (Å²) in [5, 5.41) is 0. The molecular weight excluding hydrogens is 455 g/mol. The molecule has 0 radical (unpaired) electrons. The minimum Gasteiger partial charge on any atom is -0.211 e. The maximum atomic E-state index is 14.5. The van der Waals surface area contributed by atoms with Crippen LogP contribution in [0.5, 0.6) is 0 Å². The van der Waals surface area contributed by atoms with Crippen LogP contribution in [0.3, 0.4) is 0 Å². The summed E-state index contributed by atoms with van der Waals surface area (Å²) in [6.45, 7) is 1.52. The first-order valence-corrected chi connectivity index (χ1v) is 11.9. The van der Waals surface area contributed by atoms with Crippen LogP contribution in [0.4, 0.5) is 22.0 Å². The lowest BCUT2D eigenvalue weighted by molar-refractivity contribution is -0.0452. The maximum absolute atomic E-state index is 14.5. The van der Waals surface area contributed by atoms with Gasteiger partial charge in [-0.05, 0) is 50.8 Å². The molecule has 1 saturated carbocycles. The van der Waals surface area contributed by atoms with Crippen molar-refractivity contribution in [3.05, 3.63) is 47.5 Å². The van der Waals surface area contributed by atoms with Crippen molar-refractivity contribution in [3.8, 4) is 0 Å². The van der Waals surface area contributed by atoms with Gasteiger partial charge in [0.1, 0.15) is 16.4 Å². The first-order valence-electron chi connectivity index (χ1n) is 8.90. The Balaban J connectivity index is 2.40. The largest absolute Gasteiger partial charge is 0.511 e. The van der Waals surface area contributed by atoms with Crippen LogP contribution in [0.2, 0.25) is 0 Å². The van der Waals surface area contributed by atoms with Gasteiger partial charge in [-0.15, -0.1) is 0 Å². The Hall–Kier alpha value is -1.57. The number of alkyl halides is 3. The van der Waals surface area contributed by atoms with E-state index in [2.05, 4.69) is 4.72 Å². The normalized spacial score (nSPS) is 23.7. The first-order chi connectivity index (χ1) is 13.8. The lowest BCUT2D eigenvalue weighted by Crippen LogP contribution is -2.51. The second kappa shape index (κ2) is 8.89. The Morgan fingerprint density at radius 3 is 2.27 bits per heavy atom. The van der Waals surface area contributed by atoms with Gasteiger partial charge in [-0.2, -0.15) is 13.2 Å². The summed E-state index contributed by atoms with van der Waals surface area (Å²) in [4.78, 5) is 0. The molecule has 1 aliphatic carbocycles. The molecule has 0 heterocycles. The lowest BCUT2D eigenvalue weighted by atomic mass is 9.81. The van der Waals surface area contributed by atoms with E-state index in [1.807, 2.05) is 0 Å². The number of hydrogen-bond acceptors (Lipinski definition) is 4. The molecule has 1 aromatic carbocycles. The standard InChI is InChI=1S/C17H21F5N2O4S2/c1-2-3-10-23-29(25,26)16(14-11-12(18)4-5-15(14)19)8-6-13(7-9-16)24-30(27,28)17(20,21)22/h2-5,11,13,23-24H,6-10H2,1H3. The third-order valence-corrected chi connectivity index (χ3v) is 8.44. The van der Waals surface area contributed by atoms with Crippen LogP contribution in [-0.4, -0.2) is 34.9 Å². The molecule has 0 bridgehead atoms. The highest BCUT2D eigenvalue weighted by molar-refractivity contribution is 7.90. The number of hydrogen-bond donors (Lipinski definition) is 2. The van der Waals surface area contributed by atoms with E-state index >= 15 is 0 Å². The summed E-state index contributed by atoms with van der Waals surface area (Å²) in [5.74, 6) is -1.86. The Morgan fingerprint density at radius 2 is 1.73 bits per heavy atom. The molecule has 1 fully saturated rings. The monoisotopic (exact) mass is 476 g/mol. The van der Waals surface area contributed by atoms with Crippen LogP contribution in [0.1, 0.15) is 38.2 Å². The van der Waals surface area contributed by atoms with E-state index in [0.29, 0.717) is 0 Å². The number of halogens is 5. The third kappa shape index (κ3) is 5.01. The Kier molecular flexibility index (Phi) is 7.32. The highest BCUT2D eigenvalue weighted by Crippen LogP contribution is 2.45. The fourth-order valence-corrected chi connectivity index (χ4v) is 6.05. The number of rotatable bonds is 7. The van der Waals surface area contributed by atoms with Crippen molar-refractivity contribution in [2.45, 2.75) is 48.9 Å². The van der Waals surface area contributed by atoms with Crippen LogP contribution in [0, 0.1) is 11.6 Å². The van der Waals surface area contributed by atoms with Crippen LogP contribution >= 0.6 is 0 Å². The smallest absolute Gasteiger partial charge is 0.211 e. The molecule has 30 heavy (non-hydrogen) atoms. The van der Waals surface area contributed by atoms with Gasteiger partial charge in [-0.3, -0.25) is 0 Å². The molecule has 2 rings (SSSR count). The zero-order valence-electron chi connectivity index (χ0n) is 15.8. The van der Waals surface area contributed by atoms with Gasteiger partial charge < -0.3 is 0 Å². The molecule has 6 nitrogen and oxygen atoms in total. The summed E-state index contributed by atoms with van der Waals surface area (Å²) in [6.07, 6.45) is 1.58. The minimum absolute atomic E-state index is 0.123. The van der Waals surface area contributed by atoms with Crippen molar-refractivity contribution in [1.82, 2.24) is 9.44 Å². The molecule has 0 spiro atoms. The van der Waals surface area contributed by atoms with Crippen molar-refractivity contribution < 1.29 is 38.8 Å². The van der Waals surface area contributed by atoms with E-state index in [1.54, 1.807) is 13.0 Å². The quantitative estimate of drug-likeness (QED) is 0.468. The number of allylic oxidation sites excluding steroid dienone is 1. The maximum Gasteiger partial charge on any atom is 0.511 e. The van der Waals surface area contributed by atoms with Gasteiger partial charge in [0.25, 0.3) is 0 Å². The van der Waals surface area contributed by atoms with E-state index in [4.69, 9.17) is 0 Å². The molecule has 0 aromatic heterocycles. The van der Waals surface area contributed by atoms with E-state index in [1.165, 1.54) is 10.8 Å². The molecule has 0 unspecified atom stereocenters.